The zero-order valence-corrected chi connectivity index (χ0v) is 11.3. The summed E-state index contributed by atoms with van der Waals surface area (Å²) in [4.78, 5) is 2.62. The highest BCUT2D eigenvalue weighted by molar-refractivity contribution is 4.68. The Labute approximate surface area is 102 Å². The first-order chi connectivity index (χ1) is 7.86. The molecule has 1 N–H and O–H groups in total. The van der Waals surface area contributed by atoms with Crippen molar-refractivity contribution in [3.63, 3.8) is 0 Å². The summed E-state index contributed by atoms with van der Waals surface area (Å²) in [6.45, 7) is 10.8. The fourth-order valence-electron chi connectivity index (χ4n) is 2.79. The van der Waals surface area contributed by atoms with Gasteiger partial charge in [0.15, 0.2) is 0 Å². The van der Waals surface area contributed by atoms with Gasteiger partial charge in [0.05, 0.1) is 0 Å². The van der Waals surface area contributed by atoms with Gasteiger partial charge in [-0.25, -0.2) is 0 Å². The second-order valence-electron chi connectivity index (χ2n) is 5.18. The van der Waals surface area contributed by atoms with Crippen molar-refractivity contribution in [2.75, 3.05) is 32.7 Å². The van der Waals surface area contributed by atoms with Crippen LogP contribution in [0.4, 0.5) is 0 Å². The number of nitrogens with one attached hydrogen (secondary N) is 1. The summed E-state index contributed by atoms with van der Waals surface area (Å²) in [6.07, 6.45) is 8.46. The molecule has 0 saturated carbocycles. The van der Waals surface area contributed by atoms with Crippen LogP contribution in [0.1, 0.15) is 52.4 Å². The van der Waals surface area contributed by atoms with E-state index in [4.69, 9.17) is 0 Å². The minimum absolute atomic E-state index is 0.998. The van der Waals surface area contributed by atoms with Crippen molar-refractivity contribution in [2.24, 2.45) is 5.92 Å². The second kappa shape index (κ2) is 9.00. The first kappa shape index (κ1) is 14.0. The van der Waals surface area contributed by atoms with Crippen LogP contribution in [0, 0.1) is 5.92 Å². The average Bonchev–Trinajstić information content (AvgIpc) is 2.31. The molecule has 1 fully saturated rings. The summed E-state index contributed by atoms with van der Waals surface area (Å²) in [5, 5.41) is 3.41. The molecule has 1 heterocycles. The lowest BCUT2D eigenvalue weighted by Gasteiger charge is -2.27. The first-order valence-electron chi connectivity index (χ1n) is 7.29. The maximum absolute atomic E-state index is 3.41. The van der Waals surface area contributed by atoms with Gasteiger partial charge in [-0.1, -0.05) is 39.5 Å². The highest BCUT2D eigenvalue weighted by Gasteiger charge is 2.11. The van der Waals surface area contributed by atoms with Gasteiger partial charge in [-0.05, 0) is 25.3 Å². The minimum Gasteiger partial charge on any atom is -0.314 e. The molecule has 2 nitrogen and oxygen atoms in total. The Morgan fingerprint density at radius 1 is 1.00 bits per heavy atom. The summed E-state index contributed by atoms with van der Waals surface area (Å²) in [6, 6.07) is 0. The van der Waals surface area contributed by atoms with Gasteiger partial charge in [0.25, 0.3) is 0 Å². The lowest BCUT2D eigenvalue weighted by Crippen LogP contribution is -2.43. The first-order valence-corrected chi connectivity index (χ1v) is 7.29. The van der Waals surface area contributed by atoms with Crippen molar-refractivity contribution in [1.29, 1.82) is 0 Å². The minimum atomic E-state index is 0.998. The summed E-state index contributed by atoms with van der Waals surface area (Å²) >= 11 is 0. The van der Waals surface area contributed by atoms with E-state index in [0.29, 0.717) is 0 Å². The van der Waals surface area contributed by atoms with E-state index < -0.39 is 0 Å². The van der Waals surface area contributed by atoms with Crippen LogP contribution < -0.4 is 5.32 Å². The third-order valence-electron chi connectivity index (χ3n) is 3.69. The molecule has 96 valence electrons. The third kappa shape index (κ3) is 5.86. The van der Waals surface area contributed by atoms with Crippen molar-refractivity contribution >= 4 is 0 Å². The van der Waals surface area contributed by atoms with Crippen molar-refractivity contribution < 1.29 is 0 Å². The normalized spacial score (nSPS) is 18.2. The smallest absolute Gasteiger partial charge is 0.0107 e. The lowest BCUT2D eigenvalue weighted by atomic mass is 9.93. The van der Waals surface area contributed by atoms with E-state index in [1.54, 1.807) is 0 Å². The summed E-state index contributed by atoms with van der Waals surface area (Å²) in [7, 11) is 0. The Hall–Kier alpha value is -0.0800. The van der Waals surface area contributed by atoms with Gasteiger partial charge >= 0.3 is 0 Å². The lowest BCUT2D eigenvalue weighted by molar-refractivity contribution is 0.228. The molecule has 1 saturated heterocycles. The topological polar surface area (TPSA) is 15.3 Å². The molecule has 0 aromatic carbocycles. The van der Waals surface area contributed by atoms with Crippen LogP contribution in [-0.4, -0.2) is 37.6 Å². The summed E-state index contributed by atoms with van der Waals surface area (Å²) in [5.41, 5.74) is 0. The molecule has 0 amide bonds. The van der Waals surface area contributed by atoms with E-state index in [0.717, 1.165) is 5.92 Å². The number of nitrogens with zero attached hydrogens (tertiary/aromatic N) is 1. The molecule has 1 aliphatic rings. The van der Waals surface area contributed by atoms with Gasteiger partial charge in [0.1, 0.15) is 0 Å². The van der Waals surface area contributed by atoms with Gasteiger partial charge in [-0.3, -0.25) is 0 Å². The van der Waals surface area contributed by atoms with Crippen molar-refractivity contribution in [3.8, 4) is 0 Å². The average molecular weight is 226 g/mol. The monoisotopic (exact) mass is 226 g/mol. The zero-order chi connectivity index (χ0) is 11.6. The van der Waals surface area contributed by atoms with Crippen LogP contribution in [0.3, 0.4) is 0 Å². The van der Waals surface area contributed by atoms with Gasteiger partial charge in [-0.2, -0.15) is 0 Å². The number of hydrogen-bond donors (Lipinski definition) is 1. The van der Waals surface area contributed by atoms with Gasteiger partial charge in [-0.15, -0.1) is 0 Å². The van der Waals surface area contributed by atoms with E-state index in [2.05, 4.69) is 24.1 Å². The van der Waals surface area contributed by atoms with E-state index in [9.17, 15) is 0 Å². The number of piperazine rings is 1. The standard InChI is InChI=1S/C14H30N2/c1-3-6-14(7-4-2)8-5-11-16-12-9-15-10-13-16/h14-15H,3-13H2,1-2H3. The zero-order valence-electron chi connectivity index (χ0n) is 11.3. The molecule has 0 atom stereocenters. The Kier molecular flexibility index (Phi) is 7.87. The van der Waals surface area contributed by atoms with Gasteiger partial charge in [0, 0.05) is 26.2 Å². The van der Waals surface area contributed by atoms with Crippen LogP contribution in [0.25, 0.3) is 0 Å². The molecule has 0 bridgehead atoms. The Bertz CT molecular complexity index is 147. The van der Waals surface area contributed by atoms with Crippen LogP contribution in [-0.2, 0) is 0 Å². The largest absolute Gasteiger partial charge is 0.314 e. The maximum Gasteiger partial charge on any atom is 0.0107 e. The molecule has 0 aromatic heterocycles. The molecule has 16 heavy (non-hydrogen) atoms. The molecule has 0 spiro atoms. The molecule has 0 radical (unpaired) electrons. The highest BCUT2D eigenvalue weighted by Crippen LogP contribution is 2.19. The number of rotatable bonds is 8. The van der Waals surface area contributed by atoms with Crippen molar-refractivity contribution in [3.05, 3.63) is 0 Å². The molecule has 0 unspecified atom stereocenters. The summed E-state index contributed by atoms with van der Waals surface area (Å²) in [5.74, 6) is 0.998. The number of hydrogen-bond acceptors (Lipinski definition) is 2. The van der Waals surface area contributed by atoms with Crippen molar-refractivity contribution in [2.45, 2.75) is 52.4 Å². The second-order valence-corrected chi connectivity index (χ2v) is 5.18. The predicted octanol–water partition coefficient (Wildman–Crippen LogP) is 2.89. The predicted molar refractivity (Wildman–Crippen MR) is 71.8 cm³/mol. The fraction of sp³-hybridized carbons (Fsp3) is 1.00. The molecule has 0 aliphatic carbocycles. The molecular formula is C14H30N2. The Morgan fingerprint density at radius 2 is 1.62 bits per heavy atom. The van der Waals surface area contributed by atoms with Crippen LogP contribution in [0.5, 0.6) is 0 Å². The van der Waals surface area contributed by atoms with Gasteiger partial charge in [0.2, 0.25) is 0 Å². The van der Waals surface area contributed by atoms with E-state index in [-0.39, 0.29) is 0 Å². The third-order valence-corrected chi connectivity index (χ3v) is 3.69. The maximum atomic E-state index is 3.41. The Balaban J connectivity index is 2.06. The fourth-order valence-corrected chi connectivity index (χ4v) is 2.79. The molecular weight excluding hydrogens is 196 g/mol. The van der Waals surface area contributed by atoms with Crippen LogP contribution >= 0.6 is 0 Å². The highest BCUT2D eigenvalue weighted by atomic mass is 15.2. The Morgan fingerprint density at radius 3 is 2.19 bits per heavy atom. The molecule has 2 heteroatoms. The van der Waals surface area contributed by atoms with Gasteiger partial charge < -0.3 is 10.2 Å². The molecule has 1 rings (SSSR count). The summed E-state index contributed by atoms with van der Waals surface area (Å²) < 4.78 is 0. The van der Waals surface area contributed by atoms with E-state index in [1.165, 1.54) is 71.2 Å². The SMILES string of the molecule is CCCC(CCC)CCCN1CCNCC1. The molecule has 0 aromatic rings. The van der Waals surface area contributed by atoms with Crippen molar-refractivity contribution in [1.82, 2.24) is 10.2 Å². The van der Waals surface area contributed by atoms with E-state index >= 15 is 0 Å². The van der Waals surface area contributed by atoms with E-state index in [1.807, 2.05) is 0 Å². The van der Waals surface area contributed by atoms with Crippen LogP contribution in [0.2, 0.25) is 0 Å². The quantitative estimate of drug-likeness (QED) is 0.684. The van der Waals surface area contributed by atoms with Crippen LogP contribution in [0.15, 0.2) is 0 Å². The molecule has 1 aliphatic heterocycles.